The number of carboxylic acids is 1. The van der Waals surface area contributed by atoms with E-state index in [1.807, 2.05) is 42.5 Å². The Bertz CT molecular complexity index is 817. The van der Waals surface area contributed by atoms with Gasteiger partial charge in [-0.1, -0.05) is 68.4 Å². The van der Waals surface area contributed by atoms with Gasteiger partial charge in [0.2, 0.25) is 5.91 Å². The molecule has 1 aliphatic rings. The lowest BCUT2D eigenvalue weighted by molar-refractivity contribution is -0.134. The number of aliphatic carboxylic acids is 1. The molecule has 1 heterocycles. The van der Waals surface area contributed by atoms with Crippen molar-refractivity contribution in [3.05, 3.63) is 71.3 Å². The van der Waals surface area contributed by atoms with Crippen LogP contribution in [0.15, 0.2) is 54.6 Å². The predicted molar refractivity (Wildman–Crippen MR) is 117 cm³/mol. The fourth-order valence-electron chi connectivity index (χ4n) is 3.65. The maximum absolute atomic E-state index is 12.8. The summed E-state index contributed by atoms with van der Waals surface area (Å²) in [5, 5.41) is 24.5. The predicted octanol–water partition coefficient (Wildman–Crippen LogP) is 2.81. The third-order valence-electron chi connectivity index (χ3n) is 5.27. The highest BCUT2D eigenvalue weighted by Crippen LogP contribution is 2.31. The molecule has 1 fully saturated rings. The molecule has 2 atom stereocenters. The van der Waals surface area contributed by atoms with Gasteiger partial charge in [0.15, 0.2) is 0 Å². The van der Waals surface area contributed by atoms with Crippen molar-refractivity contribution in [3.63, 3.8) is 0 Å². The van der Waals surface area contributed by atoms with E-state index in [1.54, 1.807) is 0 Å². The van der Waals surface area contributed by atoms with Crippen LogP contribution in [-0.4, -0.2) is 41.3 Å². The largest absolute Gasteiger partial charge is 0.481 e. The topological polar surface area (TPSA) is 98.7 Å². The Morgan fingerprint density at radius 2 is 1.73 bits per heavy atom. The van der Waals surface area contributed by atoms with Gasteiger partial charge in [0, 0.05) is 13.5 Å². The molecule has 0 saturated carbocycles. The molecule has 0 bridgehead atoms. The van der Waals surface area contributed by atoms with Crippen LogP contribution in [0.5, 0.6) is 0 Å². The minimum Gasteiger partial charge on any atom is -0.481 e. The highest BCUT2D eigenvalue weighted by Gasteiger charge is 2.42. The van der Waals surface area contributed by atoms with Crippen LogP contribution in [0.2, 0.25) is 0 Å². The summed E-state index contributed by atoms with van der Waals surface area (Å²) in [7, 11) is 0. The molecule has 0 spiro atoms. The Labute approximate surface area is 178 Å². The molecule has 1 saturated heterocycles. The second kappa shape index (κ2) is 10.9. The lowest BCUT2D eigenvalue weighted by Crippen LogP contribution is -2.61. The molecular weight excluding hydrogens is 380 g/mol. The number of carboxylic acid groups (broad SMARTS) is 1. The maximum Gasteiger partial charge on any atom is 0.300 e. The second-order valence-electron chi connectivity index (χ2n) is 7.95. The molecule has 1 aliphatic heterocycles. The van der Waals surface area contributed by atoms with Gasteiger partial charge in [-0.25, -0.2) is 0 Å². The van der Waals surface area contributed by atoms with Crippen LogP contribution in [0.3, 0.4) is 0 Å². The number of carbonyl (C=O) groups is 2. The van der Waals surface area contributed by atoms with E-state index in [0.717, 1.165) is 24.6 Å². The summed E-state index contributed by atoms with van der Waals surface area (Å²) >= 11 is 0. The van der Waals surface area contributed by atoms with E-state index in [2.05, 4.69) is 36.6 Å². The first-order valence-corrected chi connectivity index (χ1v) is 10.3. The van der Waals surface area contributed by atoms with Gasteiger partial charge in [-0.2, -0.15) is 0 Å². The van der Waals surface area contributed by atoms with Crippen molar-refractivity contribution in [1.82, 2.24) is 10.6 Å². The molecule has 0 unspecified atom stereocenters. The third-order valence-corrected chi connectivity index (χ3v) is 5.27. The molecule has 3 rings (SSSR count). The lowest BCUT2D eigenvalue weighted by Gasteiger charge is -2.43. The van der Waals surface area contributed by atoms with Crippen LogP contribution in [0, 0.1) is 0 Å². The van der Waals surface area contributed by atoms with E-state index >= 15 is 0 Å². The van der Waals surface area contributed by atoms with E-state index in [9.17, 15) is 9.90 Å². The highest BCUT2D eigenvalue weighted by molar-refractivity contribution is 5.79. The van der Waals surface area contributed by atoms with Crippen molar-refractivity contribution in [2.45, 2.75) is 51.2 Å². The summed E-state index contributed by atoms with van der Waals surface area (Å²) in [5.41, 5.74) is 2.47. The number of amides is 1. The zero-order valence-corrected chi connectivity index (χ0v) is 17.9. The molecule has 30 heavy (non-hydrogen) atoms. The van der Waals surface area contributed by atoms with Gasteiger partial charge in [0.25, 0.3) is 5.97 Å². The van der Waals surface area contributed by atoms with E-state index in [1.165, 1.54) is 5.56 Å². The minimum absolute atomic E-state index is 0.0629. The van der Waals surface area contributed by atoms with Crippen molar-refractivity contribution in [2.24, 2.45) is 0 Å². The second-order valence-corrected chi connectivity index (χ2v) is 7.95. The summed E-state index contributed by atoms with van der Waals surface area (Å²) in [5.74, 6) is -0.420. The number of piperidine rings is 1. The summed E-state index contributed by atoms with van der Waals surface area (Å²) in [4.78, 5) is 21.8. The highest BCUT2D eigenvalue weighted by atomic mass is 16.4. The van der Waals surface area contributed by atoms with Crippen molar-refractivity contribution in [3.8, 4) is 0 Å². The van der Waals surface area contributed by atoms with Crippen LogP contribution in [0.1, 0.15) is 49.8 Å². The summed E-state index contributed by atoms with van der Waals surface area (Å²) in [6.45, 7) is 6.63. The number of benzene rings is 2. The Hall–Kier alpha value is -2.70. The molecule has 1 amide bonds. The minimum atomic E-state index is -0.833. The van der Waals surface area contributed by atoms with Crippen LogP contribution in [-0.2, 0) is 21.5 Å². The van der Waals surface area contributed by atoms with Gasteiger partial charge in [-0.3, -0.25) is 9.59 Å². The smallest absolute Gasteiger partial charge is 0.300 e. The zero-order valence-electron chi connectivity index (χ0n) is 17.9. The van der Waals surface area contributed by atoms with Crippen molar-refractivity contribution < 1.29 is 19.8 Å². The van der Waals surface area contributed by atoms with Crippen LogP contribution >= 0.6 is 0 Å². The average Bonchev–Trinajstić information content (AvgIpc) is 2.70. The van der Waals surface area contributed by atoms with E-state index in [0.29, 0.717) is 25.3 Å². The van der Waals surface area contributed by atoms with E-state index in [4.69, 9.17) is 9.90 Å². The molecule has 4 N–H and O–H groups in total. The molecule has 162 valence electrons. The molecule has 6 heteroatoms. The normalized spacial score (nSPS) is 20.8. The quantitative estimate of drug-likeness (QED) is 0.605. The Kier molecular flexibility index (Phi) is 8.57. The average molecular weight is 413 g/mol. The monoisotopic (exact) mass is 412 g/mol. The molecule has 6 nitrogen and oxygen atoms in total. The summed E-state index contributed by atoms with van der Waals surface area (Å²) in [6.07, 6.45) is 0.314. The number of rotatable bonds is 5. The van der Waals surface area contributed by atoms with Gasteiger partial charge in [-0.15, -0.1) is 0 Å². The number of aliphatic hydroxyl groups excluding tert-OH is 1. The number of hydrogen-bond donors (Lipinski definition) is 4. The standard InChI is InChI=1S/C22H28N2O2.C2H4O2/c1-16(2)18-10-8-17(9-11-18)14-21(26)24-22(12-13-23-15-20(22)25)19-6-4-3-5-7-19;1-2(3)4/h3-11,16,20,23,25H,12-15H2,1-2H3,(H,24,26);1H3,(H,3,4)/t20-,22-;/m1./s1. The SMILES string of the molecule is CC(=O)O.CC(C)c1ccc(CC(=O)N[C@@]2(c3ccccc3)CCNC[C@H]2O)cc1. The van der Waals surface area contributed by atoms with E-state index < -0.39 is 17.6 Å². The fraction of sp³-hybridized carbons (Fsp3) is 0.417. The molecular formula is C24H32N2O4. The first-order valence-electron chi connectivity index (χ1n) is 10.3. The van der Waals surface area contributed by atoms with Gasteiger partial charge >= 0.3 is 0 Å². The molecule has 2 aromatic carbocycles. The zero-order chi connectivity index (χ0) is 22.1. The molecule has 2 aromatic rings. The maximum atomic E-state index is 12.8. The van der Waals surface area contributed by atoms with Gasteiger partial charge < -0.3 is 20.8 Å². The van der Waals surface area contributed by atoms with Crippen molar-refractivity contribution in [2.75, 3.05) is 13.1 Å². The Balaban J connectivity index is 0.000000735. The van der Waals surface area contributed by atoms with Crippen molar-refractivity contribution in [1.29, 1.82) is 0 Å². The van der Waals surface area contributed by atoms with Gasteiger partial charge in [0.05, 0.1) is 18.1 Å². The van der Waals surface area contributed by atoms with Crippen LogP contribution in [0.4, 0.5) is 0 Å². The Morgan fingerprint density at radius 1 is 1.13 bits per heavy atom. The first kappa shape index (κ1) is 23.6. The van der Waals surface area contributed by atoms with E-state index in [-0.39, 0.29) is 5.91 Å². The van der Waals surface area contributed by atoms with Crippen molar-refractivity contribution >= 4 is 11.9 Å². The number of aliphatic hydroxyl groups is 1. The summed E-state index contributed by atoms with van der Waals surface area (Å²) < 4.78 is 0. The number of β-amino-alcohol motifs (C(OH)–C–C–N with tert-alkyl or cyclic N) is 1. The molecule has 0 radical (unpaired) electrons. The number of nitrogens with one attached hydrogen (secondary N) is 2. The van der Waals surface area contributed by atoms with Gasteiger partial charge in [0.1, 0.15) is 0 Å². The fourth-order valence-corrected chi connectivity index (χ4v) is 3.65. The lowest BCUT2D eigenvalue weighted by atomic mass is 9.79. The summed E-state index contributed by atoms with van der Waals surface area (Å²) in [6, 6.07) is 18.0. The first-order chi connectivity index (χ1) is 14.2. The van der Waals surface area contributed by atoms with Gasteiger partial charge in [-0.05, 0) is 35.6 Å². The third kappa shape index (κ3) is 6.40. The number of hydrogen-bond acceptors (Lipinski definition) is 4. The Morgan fingerprint density at radius 3 is 2.27 bits per heavy atom. The molecule has 0 aromatic heterocycles. The number of carbonyl (C=O) groups excluding carboxylic acids is 1. The van der Waals surface area contributed by atoms with Crippen LogP contribution < -0.4 is 10.6 Å². The molecule has 0 aliphatic carbocycles. The van der Waals surface area contributed by atoms with Crippen LogP contribution in [0.25, 0.3) is 0 Å².